The number of likely N-dealkylation sites (tertiary alicyclic amines) is 1. The van der Waals surface area contributed by atoms with E-state index in [0.29, 0.717) is 17.7 Å². The van der Waals surface area contributed by atoms with Crippen molar-refractivity contribution >= 4 is 11.6 Å². The summed E-state index contributed by atoms with van der Waals surface area (Å²) >= 11 is 6.48. The summed E-state index contributed by atoms with van der Waals surface area (Å²) < 4.78 is 11.3. The second-order valence-corrected chi connectivity index (χ2v) is 7.96. The van der Waals surface area contributed by atoms with Gasteiger partial charge in [-0.25, -0.2) is 0 Å². The van der Waals surface area contributed by atoms with Crippen LogP contribution in [-0.4, -0.2) is 73.6 Å². The lowest BCUT2D eigenvalue weighted by atomic mass is 10.1. The van der Waals surface area contributed by atoms with E-state index >= 15 is 0 Å². The minimum absolute atomic E-state index is 0.262. The lowest BCUT2D eigenvalue weighted by Crippen LogP contribution is -2.38. The standard InChI is InChI=1S/C21H33ClN2O3/c22-20-16-18(17-24-8-3-1-2-4-19(24)7-12-25)5-6-21(20)27-15-11-23-9-13-26-14-10-23/h5-6,16,19,25H,1-4,7-15,17H2. The zero-order chi connectivity index (χ0) is 18.9. The van der Waals surface area contributed by atoms with Gasteiger partial charge >= 0.3 is 0 Å². The quantitative estimate of drug-likeness (QED) is 0.731. The van der Waals surface area contributed by atoms with Crippen LogP contribution in [0.5, 0.6) is 5.75 Å². The first-order valence-corrected chi connectivity index (χ1v) is 10.7. The first-order chi connectivity index (χ1) is 13.3. The topological polar surface area (TPSA) is 45.2 Å². The van der Waals surface area contributed by atoms with Gasteiger partial charge in [0.2, 0.25) is 0 Å². The number of morpholine rings is 1. The van der Waals surface area contributed by atoms with E-state index in [0.717, 1.165) is 58.1 Å². The van der Waals surface area contributed by atoms with Crippen LogP contribution in [0.25, 0.3) is 0 Å². The van der Waals surface area contributed by atoms with Gasteiger partial charge < -0.3 is 14.6 Å². The molecule has 0 spiro atoms. The normalized spacial score (nSPS) is 22.5. The highest BCUT2D eigenvalue weighted by atomic mass is 35.5. The van der Waals surface area contributed by atoms with Crippen molar-refractivity contribution in [2.24, 2.45) is 0 Å². The minimum atomic E-state index is 0.262. The van der Waals surface area contributed by atoms with Crippen molar-refractivity contribution in [2.45, 2.75) is 44.7 Å². The maximum atomic E-state index is 9.38. The number of rotatable bonds is 8. The summed E-state index contributed by atoms with van der Waals surface area (Å²) in [5, 5.41) is 10.1. The molecule has 2 heterocycles. The van der Waals surface area contributed by atoms with Crippen LogP contribution in [0.4, 0.5) is 0 Å². The van der Waals surface area contributed by atoms with Crippen molar-refractivity contribution in [1.82, 2.24) is 9.80 Å². The fraction of sp³-hybridized carbons (Fsp3) is 0.714. The van der Waals surface area contributed by atoms with Gasteiger partial charge in [-0.1, -0.05) is 30.5 Å². The molecule has 6 heteroatoms. The largest absolute Gasteiger partial charge is 0.491 e. The zero-order valence-corrected chi connectivity index (χ0v) is 17.0. The molecule has 0 radical (unpaired) electrons. The van der Waals surface area contributed by atoms with Gasteiger partial charge in [-0.3, -0.25) is 9.80 Å². The maximum absolute atomic E-state index is 9.38. The molecule has 1 atom stereocenters. The Morgan fingerprint density at radius 1 is 1.15 bits per heavy atom. The first kappa shape index (κ1) is 20.9. The van der Waals surface area contributed by atoms with Gasteiger partial charge in [-0.15, -0.1) is 0 Å². The molecule has 2 aliphatic heterocycles. The molecule has 0 aromatic heterocycles. The van der Waals surface area contributed by atoms with E-state index in [2.05, 4.69) is 15.9 Å². The van der Waals surface area contributed by atoms with Gasteiger partial charge in [0.15, 0.2) is 0 Å². The molecular formula is C21H33ClN2O3. The van der Waals surface area contributed by atoms with Gasteiger partial charge in [0, 0.05) is 38.8 Å². The fourth-order valence-corrected chi connectivity index (χ4v) is 4.28. The second kappa shape index (κ2) is 11.2. The molecule has 2 fully saturated rings. The molecule has 0 saturated carbocycles. The smallest absolute Gasteiger partial charge is 0.137 e. The zero-order valence-electron chi connectivity index (χ0n) is 16.2. The van der Waals surface area contributed by atoms with Crippen LogP contribution in [0.2, 0.25) is 5.02 Å². The van der Waals surface area contributed by atoms with E-state index in [1.165, 1.54) is 31.2 Å². The third-order valence-electron chi connectivity index (χ3n) is 5.61. The second-order valence-electron chi connectivity index (χ2n) is 7.55. The van der Waals surface area contributed by atoms with Crippen molar-refractivity contribution in [3.8, 4) is 5.75 Å². The number of benzene rings is 1. The summed E-state index contributed by atoms with van der Waals surface area (Å²) in [4.78, 5) is 4.86. The molecule has 2 saturated heterocycles. The number of ether oxygens (including phenoxy) is 2. The molecule has 1 N–H and O–H groups in total. The predicted molar refractivity (Wildman–Crippen MR) is 109 cm³/mol. The van der Waals surface area contributed by atoms with Gasteiger partial charge in [0.1, 0.15) is 12.4 Å². The number of halogens is 1. The Labute approximate surface area is 168 Å². The van der Waals surface area contributed by atoms with Crippen LogP contribution in [0, 0.1) is 0 Å². The van der Waals surface area contributed by atoms with Crippen LogP contribution in [0.15, 0.2) is 18.2 Å². The van der Waals surface area contributed by atoms with E-state index in [9.17, 15) is 5.11 Å². The summed E-state index contributed by atoms with van der Waals surface area (Å²) in [5.41, 5.74) is 1.21. The summed E-state index contributed by atoms with van der Waals surface area (Å²) in [6.45, 7) is 7.35. The Kier molecular flexibility index (Phi) is 8.68. The molecule has 3 rings (SSSR count). The molecule has 0 amide bonds. The average molecular weight is 397 g/mol. The number of aliphatic hydroxyl groups excluding tert-OH is 1. The molecule has 0 aliphatic carbocycles. The minimum Gasteiger partial charge on any atom is -0.491 e. The summed E-state index contributed by atoms with van der Waals surface area (Å²) in [5.74, 6) is 0.761. The van der Waals surface area contributed by atoms with Gasteiger partial charge in [-0.2, -0.15) is 0 Å². The van der Waals surface area contributed by atoms with Crippen molar-refractivity contribution in [1.29, 1.82) is 0 Å². The molecule has 152 valence electrons. The first-order valence-electron chi connectivity index (χ1n) is 10.3. The van der Waals surface area contributed by atoms with E-state index in [1.54, 1.807) is 0 Å². The lowest BCUT2D eigenvalue weighted by Gasteiger charge is -2.29. The highest BCUT2D eigenvalue weighted by molar-refractivity contribution is 6.32. The lowest BCUT2D eigenvalue weighted by molar-refractivity contribution is 0.0322. The monoisotopic (exact) mass is 396 g/mol. The number of aliphatic hydroxyl groups is 1. The van der Waals surface area contributed by atoms with Crippen LogP contribution < -0.4 is 4.74 Å². The van der Waals surface area contributed by atoms with Crippen molar-refractivity contribution in [3.63, 3.8) is 0 Å². The van der Waals surface area contributed by atoms with Gasteiger partial charge in [0.25, 0.3) is 0 Å². The SMILES string of the molecule is OCCC1CCCCCN1Cc1ccc(OCCN2CCOCC2)c(Cl)c1. The third-order valence-corrected chi connectivity index (χ3v) is 5.91. The van der Waals surface area contributed by atoms with Crippen molar-refractivity contribution < 1.29 is 14.6 Å². The molecule has 5 nitrogen and oxygen atoms in total. The summed E-state index contributed by atoms with van der Waals surface area (Å²) in [6, 6.07) is 6.62. The Morgan fingerprint density at radius 3 is 2.78 bits per heavy atom. The molecular weight excluding hydrogens is 364 g/mol. The Balaban J connectivity index is 1.52. The maximum Gasteiger partial charge on any atom is 0.137 e. The predicted octanol–water partition coefficient (Wildman–Crippen LogP) is 3.18. The number of nitrogens with zero attached hydrogens (tertiary/aromatic N) is 2. The van der Waals surface area contributed by atoms with Crippen LogP contribution in [-0.2, 0) is 11.3 Å². The third kappa shape index (κ3) is 6.61. The number of hydrogen-bond acceptors (Lipinski definition) is 5. The van der Waals surface area contributed by atoms with E-state index in [-0.39, 0.29) is 6.61 Å². The Bertz CT molecular complexity index is 566. The molecule has 1 unspecified atom stereocenters. The van der Waals surface area contributed by atoms with Gasteiger partial charge in [-0.05, 0) is 43.5 Å². The average Bonchev–Trinajstić information content (AvgIpc) is 2.90. The fourth-order valence-electron chi connectivity index (χ4n) is 4.02. The molecule has 27 heavy (non-hydrogen) atoms. The van der Waals surface area contributed by atoms with Crippen molar-refractivity contribution in [3.05, 3.63) is 28.8 Å². The highest BCUT2D eigenvalue weighted by Gasteiger charge is 2.21. The Hall–Kier alpha value is -0.850. The molecule has 1 aromatic carbocycles. The van der Waals surface area contributed by atoms with E-state index in [4.69, 9.17) is 21.1 Å². The van der Waals surface area contributed by atoms with Crippen molar-refractivity contribution in [2.75, 3.05) is 52.6 Å². The summed E-state index contributed by atoms with van der Waals surface area (Å²) in [7, 11) is 0. The van der Waals surface area contributed by atoms with E-state index in [1.807, 2.05) is 12.1 Å². The molecule has 1 aromatic rings. The van der Waals surface area contributed by atoms with Crippen LogP contribution in [0.1, 0.15) is 37.7 Å². The van der Waals surface area contributed by atoms with Crippen LogP contribution >= 0.6 is 11.6 Å². The van der Waals surface area contributed by atoms with Gasteiger partial charge in [0.05, 0.1) is 18.2 Å². The molecule has 2 aliphatic rings. The summed E-state index contributed by atoms with van der Waals surface area (Å²) in [6.07, 6.45) is 5.82. The molecule has 0 bridgehead atoms. The highest BCUT2D eigenvalue weighted by Crippen LogP contribution is 2.28. The van der Waals surface area contributed by atoms with E-state index < -0.39 is 0 Å². The van der Waals surface area contributed by atoms with Crippen LogP contribution in [0.3, 0.4) is 0 Å². The Morgan fingerprint density at radius 2 is 2.00 bits per heavy atom. The number of hydrogen-bond donors (Lipinski definition) is 1.